The molecule has 0 saturated carbocycles. The van der Waals surface area contributed by atoms with Gasteiger partial charge in [0, 0.05) is 24.1 Å². The van der Waals surface area contributed by atoms with Gasteiger partial charge in [-0.25, -0.2) is 0 Å². The van der Waals surface area contributed by atoms with E-state index in [1.807, 2.05) is 0 Å². The van der Waals surface area contributed by atoms with Crippen LogP contribution in [0.4, 0.5) is 0 Å². The molecule has 0 bridgehead atoms. The van der Waals surface area contributed by atoms with E-state index in [-0.39, 0.29) is 0 Å². The van der Waals surface area contributed by atoms with Crippen molar-refractivity contribution in [2.75, 3.05) is 33.2 Å². The van der Waals surface area contributed by atoms with Gasteiger partial charge < -0.3 is 4.90 Å². The quantitative estimate of drug-likeness (QED) is 0.811. The topological polar surface area (TPSA) is 6.48 Å². The van der Waals surface area contributed by atoms with Crippen LogP contribution in [-0.2, 0) is 0 Å². The Morgan fingerprint density at radius 2 is 1.50 bits per heavy atom. The molecule has 3 heteroatoms. The minimum absolute atomic E-state index is 0.348. The lowest BCUT2D eigenvalue weighted by atomic mass is 9.97. The molecule has 1 aliphatic heterocycles. The molecule has 0 spiro atoms. The van der Waals surface area contributed by atoms with Crippen molar-refractivity contribution >= 4 is 15.9 Å². The van der Waals surface area contributed by atoms with Gasteiger partial charge in [0.15, 0.2) is 0 Å². The summed E-state index contributed by atoms with van der Waals surface area (Å²) < 4.78 is 1.14. The van der Waals surface area contributed by atoms with Crippen LogP contribution < -0.4 is 0 Å². The molecule has 0 amide bonds. The molecule has 0 unspecified atom stereocenters. The van der Waals surface area contributed by atoms with Crippen molar-refractivity contribution in [2.45, 2.75) is 12.5 Å². The fraction of sp³-hybridized carbons (Fsp3) is 0.368. The second kappa shape index (κ2) is 7.40. The number of likely N-dealkylation sites (N-methyl/N-ethyl adjacent to an activating group) is 1. The number of rotatable bonds is 3. The van der Waals surface area contributed by atoms with Crippen LogP contribution in [0.15, 0.2) is 59.1 Å². The van der Waals surface area contributed by atoms with Crippen molar-refractivity contribution < 1.29 is 0 Å². The van der Waals surface area contributed by atoms with Crippen LogP contribution in [-0.4, -0.2) is 43.0 Å². The van der Waals surface area contributed by atoms with Crippen LogP contribution in [0.25, 0.3) is 0 Å². The molecule has 1 aliphatic rings. The van der Waals surface area contributed by atoms with Crippen LogP contribution in [0.2, 0.25) is 0 Å². The van der Waals surface area contributed by atoms with Gasteiger partial charge in [0.1, 0.15) is 0 Å². The number of hydrogen-bond acceptors (Lipinski definition) is 2. The average molecular weight is 359 g/mol. The first-order chi connectivity index (χ1) is 10.7. The van der Waals surface area contributed by atoms with E-state index in [0.29, 0.717) is 6.04 Å². The number of hydrogen-bond donors (Lipinski definition) is 0. The predicted octanol–water partition coefficient (Wildman–Crippen LogP) is 4.18. The lowest BCUT2D eigenvalue weighted by Crippen LogP contribution is -2.33. The van der Waals surface area contributed by atoms with Crippen molar-refractivity contribution in [3.63, 3.8) is 0 Å². The zero-order valence-corrected chi connectivity index (χ0v) is 14.7. The maximum absolute atomic E-state index is 3.55. The van der Waals surface area contributed by atoms with Gasteiger partial charge in [0.2, 0.25) is 0 Å². The Bertz CT molecular complexity index is 582. The SMILES string of the molecule is CN1CCCN([C@@H](c2ccccc2)c2ccc(Br)cc2)CC1. The molecule has 2 aromatic carbocycles. The van der Waals surface area contributed by atoms with E-state index in [1.54, 1.807) is 0 Å². The second-order valence-electron chi connectivity index (χ2n) is 6.06. The molecule has 0 radical (unpaired) electrons. The van der Waals surface area contributed by atoms with Crippen LogP contribution >= 0.6 is 15.9 Å². The van der Waals surface area contributed by atoms with Crippen LogP contribution in [0.5, 0.6) is 0 Å². The van der Waals surface area contributed by atoms with E-state index in [4.69, 9.17) is 0 Å². The predicted molar refractivity (Wildman–Crippen MR) is 96.1 cm³/mol. The van der Waals surface area contributed by atoms with Gasteiger partial charge >= 0.3 is 0 Å². The number of nitrogens with zero attached hydrogens (tertiary/aromatic N) is 2. The average Bonchev–Trinajstić information content (AvgIpc) is 2.76. The maximum Gasteiger partial charge on any atom is 0.0602 e. The Labute approximate surface area is 141 Å². The Hall–Kier alpha value is -1.16. The van der Waals surface area contributed by atoms with E-state index in [1.165, 1.54) is 24.1 Å². The van der Waals surface area contributed by atoms with Crippen LogP contribution in [0, 0.1) is 0 Å². The molecule has 2 aromatic rings. The van der Waals surface area contributed by atoms with E-state index in [9.17, 15) is 0 Å². The summed E-state index contributed by atoms with van der Waals surface area (Å²) in [5.41, 5.74) is 2.76. The number of halogens is 1. The van der Waals surface area contributed by atoms with Gasteiger partial charge in [-0.2, -0.15) is 0 Å². The summed E-state index contributed by atoms with van der Waals surface area (Å²) in [4.78, 5) is 5.06. The lowest BCUT2D eigenvalue weighted by molar-refractivity contribution is 0.231. The largest absolute Gasteiger partial charge is 0.305 e. The highest BCUT2D eigenvalue weighted by Gasteiger charge is 2.23. The van der Waals surface area contributed by atoms with Crippen molar-refractivity contribution in [3.05, 3.63) is 70.2 Å². The first-order valence-electron chi connectivity index (χ1n) is 7.97. The highest BCUT2D eigenvalue weighted by molar-refractivity contribution is 9.10. The van der Waals surface area contributed by atoms with Gasteiger partial charge in [-0.15, -0.1) is 0 Å². The number of benzene rings is 2. The smallest absolute Gasteiger partial charge is 0.0602 e. The van der Waals surface area contributed by atoms with E-state index < -0.39 is 0 Å². The summed E-state index contributed by atoms with van der Waals surface area (Å²) in [5.74, 6) is 0. The van der Waals surface area contributed by atoms with Crippen LogP contribution in [0.3, 0.4) is 0 Å². The van der Waals surface area contributed by atoms with E-state index in [0.717, 1.165) is 24.1 Å². The summed E-state index contributed by atoms with van der Waals surface area (Å²) in [6, 6.07) is 20.0. The normalized spacial score (nSPS) is 18.8. The van der Waals surface area contributed by atoms with E-state index in [2.05, 4.69) is 87.4 Å². The molecule has 2 nitrogen and oxygen atoms in total. The summed E-state index contributed by atoms with van der Waals surface area (Å²) >= 11 is 3.55. The Morgan fingerprint density at radius 3 is 2.23 bits per heavy atom. The second-order valence-corrected chi connectivity index (χ2v) is 6.97. The Morgan fingerprint density at radius 1 is 0.818 bits per heavy atom. The molecule has 1 saturated heterocycles. The van der Waals surface area contributed by atoms with Crippen LogP contribution in [0.1, 0.15) is 23.6 Å². The fourth-order valence-electron chi connectivity index (χ4n) is 3.22. The molecule has 0 aliphatic carbocycles. The minimum Gasteiger partial charge on any atom is -0.305 e. The van der Waals surface area contributed by atoms with E-state index >= 15 is 0 Å². The van der Waals surface area contributed by atoms with Gasteiger partial charge in [0.05, 0.1) is 6.04 Å². The molecule has 116 valence electrons. The minimum atomic E-state index is 0.348. The summed E-state index contributed by atoms with van der Waals surface area (Å²) in [6.45, 7) is 4.60. The third kappa shape index (κ3) is 3.78. The first kappa shape index (κ1) is 15.7. The molecule has 22 heavy (non-hydrogen) atoms. The summed E-state index contributed by atoms with van der Waals surface area (Å²) in [7, 11) is 2.22. The zero-order chi connectivity index (χ0) is 15.4. The van der Waals surface area contributed by atoms with Gasteiger partial charge in [-0.3, -0.25) is 4.90 Å². The molecular weight excluding hydrogens is 336 g/mol. The molecule has 1 atom stereocenters. The first-order valence-corrected chi connectivity index (χ1v) is 8.76. The molecule has 0 N–H and O–H groups in total. The van der Waals surface area contributed by atoms with Gasteiger partial charge in [-0.05, 0) is 43.3 Å². The zero-order valence-electron chi connectivity index (χ0n) is 13.1. The molecular formula is C19H23BrN2. The highest BCUT2D eigenvalue weighted by Crippen LogP contribution is 2.30. The highest BCUT2D eigenvalue weighted by atomic mass is 79.9. The van der Waals surface area contributed by atoms with Gasteiger partial charge in [0.25, 0.3) is 0 Å². The maximum atomic E-state index is 3.55. The van der Waals surface area contributed by atoms with Crippen molar-refractivity contribution in [1.82, 2.24) is 9.80 Å². The van der Waals surface area contributed by atoms with Crippen molar-refractivity contribution in [3.8, 4) is 0 Å². The third-order valence-electron chi connectivity index (χ3n) is 4.42. The Kier molecular flexibility index (Phi) is 5.29. The monoisotopic (exact) mass is 358 g/mol. The standard InChI is InChI=1S/C19H23BrN2/c1-21-12-5-13-22(15-14-21)19(16-6-3-2-4-7-16)17-8-10-18(20)11-9-17/h2-4,6-11,19H,5,12-15H2,1H3/t19-/m0/s1. The lowest BCUT2D eigenvalue weighted by Gasteiger charge is -2.31. The molecule has 1 heterocycles. The van der Waals surface area contributed by atoms with Gasteiger partial charge in [-0.1, -0.05) is 58.4 Å². The molecule has 3 rings (SSSR count). The van der Waals surface area contributed by atoms with Crippen molar-refractivity contribution in [2.24, 2.45) is 0 Å². The summed E-state index contributed by atoms with van der Waals surface area (Å²) in [6.07, 6.45) is 1.23. The Balaban J connectivity index is 1.94. The summed E-state index contributed by atoms with van der Waals surface area (Å²) in [5, 5.41) is 0. The molecule has 1 fully saturated rings. The third-order valence-corrected chi connectivity index (χ3v) is 4.95. The fourth-order valence-corrected chi connectivity index (χ4v) is 3.48. The van der Waals surface area contributed by atoms with Crippen molar-refractivity contribution in [1.29, 1.82) is 0 Å². The molecule has 0 aromatic heterocycles.